The molecule has 0 fully saturated rings. The number of sulfonamides is 1. The maximum absolute atomic E-state index is 13.5. The zero-order chi connectivity index (χ0) is 24.6. The number of nitrogens with zero attached hydrogens (tertiary/aromatic N) is 2. The molecule has 180 valence electrons. The Labute approximate surface area is 196 Å². The lowest BCUT2D eigenvalue weighted by molar-refractivity contribution is -0.140. The molecule has 33 heavy (non-hydrogen) atoms. The van der Waals surface area contributed by atoms with Crippen molar-refractivity contribution in [2.75, 3.05) is 30.8 Å². The number of amides is 2. The Morgan fingerprint density at radius 3 is 2.24 bits per heavy atom. The Morgan fingerprint density at radius 1 is 1.06 bits per heavy atom. The molecule has 0 radical (unpaired) electrons. The zero-order valence-corrected chi connectivity index (χ0v) is 20.7. The van der Waals surface area contributed by atoms with Crippen molar-refractivity contribution in [3.8, 4) is 5.75 Å². The number of carbonyl (C=O) groups is 2. The fourth-order valence-corrected chi connectivity index (χ4v) is 4.36. The molecule has 2 amide bonds. The third-order valence-electron chi connectivity index (χ3n) is 5.22. The SMILES string of the molecule is CCOc1ccccc1N(CC(=O)N(Cc1ccc(C)cc1)C(CC)C(=O)NC)S(C)(=O)=O. The molecular formula is C24H33N3O5S. The molecule has 0 heterocycles. The fraction of sp³-hybridized carbons (Fsp3) is 0.417. The molecule has 0 spiro atoms. The van der Waals surface area contributed by atoms with Crippen molar-refractivity contribution < 1.29 is 22.7 Å². The second kappa shape index (κ2) is 11.7. The Morgan fingerprint density at radius 2 is 1.70 bits per heavy atom. The van der Waals surface area contributed by atoms with Gasteiger partial charge in [-0.05, 0) is 38.0 Å². The molecule has 0 aromatic heterocycles. The Bertz CT molecular complexity index is 1050. The average Bonchev–Trinajstić information content (AvgIpc) is 2.78. The molecule has 2 aromatic carbocycles. The highest BCUT2D eigenvalue weighted by molar-refractivity contribution is 7.92. The molecule has 1 atom stereocenters. The van der Waals surface area contributed by atoms with Crippen molar-refractivity contribution >= 4 is 27.5 Å². The number of hydrogen-bond acceptors (Lipinski definition) is 5. The molecule has 0 aliphatic rings. The molecule has 0 bridgehead atoms. The summed E-state index contributed by atoms with van der Waals surface area (Å²) in [5.41, 5.74) is 2.20. The van der Waals surface area contributed by atoms with E-state index in [0.29, 0.717) is 18.8 Å². The highest BCUT2D eigenvalue weighted by Crippen LogP contribution is 2.30. The molecule has 0 aliphatic carbocycles. The standard InChI is InChI=1S/C24H33N3O5S/c1-6-20(24(29)25-4)26(16-19-14-12-18(3)13-15-19)23(28)17-27(33(5,30)31)21-10-8-9-11-22(21)32-7-2/h8-15,20H,6-7,16-17H2,1-5H3,(H,25,29). The number of aryl methyl sites for hydroxylation is 1. The fourth-order valence-electron chi connectivity index (χ4n) is 3.51. The third-order valence-corrected chi connectivity index (χ3v) is 6.35. The number of rotatable bonds is 11. The highest BCUT2D eigenvalue weighted by atomic mass is 32.2. The predicted molar refractivity (Wildman–Crippen MR) is 130 cm³/mol. The van der Waals surface area contributed by atoms with Crippen LogP contribution in [-0.2, 0) is 26.2 Å². The Hall–Kier alpha value is -3.07. The van der Waals surface area contributed by atoms with Gasteiger partial charge in [0, 0.05) is 13.6 Å². The summed E-state index contributed by atoms with van der Waals surface area (Å²) in [4.78, 5) is 27.5. The minimum Gasteiger partial charge on any atom is -0.492 e. The number of anilines is 1. The first-order chi connectivity index (χ1) is 15.6. The number of nitrogens with one attached hydrogen (secondary N) is 1. The van der Waals surface area contributed by atoms with Gasteiger partial charge in [0.1, 0.15) is 18.3 Å². The second-order valence-electron chi connectivity index (χ2n) is 7.72. The topological polar surface area (TPSA) is 96.0 Å². The van der Waals surface area contributed by atoms with Crippen LogP contribution in [0.4, 0.5) is 5.69 Å². The average molecular weight is 476 g/mol. The number of likely N-dealkylation sites (N-methyl/N-ethyl adjacent to an activating group) is 1. The lowest BCUT2D eigenvalue weighted by Crippen LogP contribution is -2.51. The molecule has 1 unspecified atom stereocenters. The zero-order valence-electron chi connectivity index (χ0n) is 19.9. The van der Waals surface area contributed by atoms with E-state index < -0.39 is 28.5 Å². The number of hydrogen-bond donors (Lipinski definition) is 1. The van der Waals surface area contributed by atoms with Crippen LogP contribution in [0.15, 0.2) is 48.5 Å². The number of ether oxygens (including phenoxy) is 1. The second-order valence-corrected chi connectivity index (χ2v) is 9.62. The molecule has 0 aliphatic heterocycles. The molecule has 8 nitrogen and oxygen atoms in total. The summed E-state index contributed by atoms with van der Waals surface area (Å²) in [6.45, 7) is 5.64. The van der Waals surface area contributed by atoms with Gasteiger partial charge in [0.05, 0.1) is 18.6 Å². The number of para-hydroxylation sites is 2. The van der Waals surface area contributed by atoms with Gasteiger partial charge in [0.25, 0.3) is 0 Å². The van der Waals surface area contributed by atoms with Gasteiger partial charge >= 0.3 is 0 Å². The Balaban J connectivity index is 2.46. The monoisotopic (exact) mass is 475 g/mol. The first-order valence-electron chi connectivity index (χ1n) is 10.9. The minimum absolute atomic E-state index is 0.176. The van der Waals surface area contributed by atoms with Crippen LogP contribution in [0.1, 0.15) is 31.4 Å². The number of benzene rings is 2. The molecule has 1 N–H and O–H groups in total. The van der Waals surface area contributed by atoms with Gasteiger partial charge in [-0.3, -0.25) is 13.9 Å². The van der Waals surface area contributed by atoms with Crippen LogP contribution >= 0.6 is 0 Å². The normalized spacial score (nSPS) is 12.0. The van der Waals surface area contributed by atoms with Gasteiger partial charge in [-0.1, -0.05) is 48.9 Å². The number of carbonyl (C=O) groups excluding carboxylic acids is 2. The molecular weight excluding hydrogens is 442 g/mol. The largest absolute Gasteiger partial charge is 0.492 e. The van der Waals surface area contributed by atoms with Crippen LogP contribution in [0, 0.1) is 6.92 Å². The van der Waals surface area contributed by atoms with E-state index in [9.17, 15) is 18.0 Å². The van der Waals surface area contributed by atoms with Crippen molar-refractivity contribution in [1.29, 1.82) is 0 Å². The molecule has 0 saturated heterocycles. The van der Waals surface area contributed by atoms with Gasteiger partial charge in [-0.15, -0.1) is 0 Å². The summed E-state index contributed by atoms with van der Waals surface area (Å²) in [6, 6.07) is 13.6. The lowest BCUT2D eigenvalue weighted by Gasteiger charge is -2.33. The van der Waals surface area contributed by atoms with Crippen LogP contribution in [0.25, 0.3) is 0 Å². The van der Waals surface area contributed by atoms with Crippen molar-refractivity contribution in [3.05, 3.63) is 59.7 Å². The van der Waals surface area contributed by atoms with Crippen LogP contribution in [0.3, 0.4) is 0 Å². The van der Waals surface area contributed by atoms with Crippen molar-refractivity contribution in [2.24, 2.45) is 0 Å². The van der Waals surface area contributed by atoms with E-state index in [1.807, 2.05) is 38.1 Å². The van der Waals surface area contributed by atoms with Gasteiger partial charge < -0.3 is 15.0 Å². The van der Waals surface area contributed by atoms with E-state index in [1.165, 1.54) is 11.9 Å². The molecule has 2 aromatic rings. The third kappa shape index (κ3) is 6.95. The van der Waals surface area contributed by atoms with Gasteiger partial charge in [-0.2, -0.15) is 0 Å². The van der Waals surface area contributed by atoms with E-state index in [-0.39, 0.29) is 18.1 Å². The van der Waals surface area contributed by atoms with E-state index in [0.717, 1.165) is 21.7 Å². The van der Waals surface area contributed by atoms with Gasteiger partial charge in [0.2, 0.25) is 21.8 Å². The summed E-state index contributed by atoms with van der Waals surface area (Å²) >= 11 is 0. The molecule has 2 rings (SSSR count). The van der Waals surface area contributed by atoms with Gasteiger partial charge in [0.15, 0.2) is 0 Å². The quantitative estimate of drug-likeness (QED) is 0.539. The smallest absolute Gasteiger partial charge is 0.244 e. The van der Waals surface area contributed by atoms with Crippen LogP contribution < -0.4 is 14.4 Å². The highest BCUT2D eigenvalue weighted by Gasteiger charge is 2.32. The maximum atomic E-state index is 13.5. The van der Waals surface area contributed by atoms with E-state index in [1.54, 1.807) is 31.2 Å². The van der Waals surface area contributed by atoms with Crippen LogP contribution in [0.5, 0.6) is 5.75 Å². The lowest BCUT2D eigenvalue weighted by atomic mass is 10.1. The summed E-state index contributed by atoms with van der Waals surface area (Å²) < 4.78 is 32.0. The maximum Gasteiger partial charge on any atom is 0.244 e. The minimum atomic E-state index is -3.82. The van der Waals surface area contributed by atoms with Crippen molar-refractivity contribution in [1.82, 2.24) is 10.2 Å². The van der Waals surface area contributed by atoms with Crippen molar-refractivity contribution in [2.45, 2.75) is 39.8 Å². The van der Waals surface area contributed by atoms with E-state index in [2.05, 4.69) is 5.32 Å². The first kappa shape index (κ1) is 26.2. The molecule has 0 saturated carbocycles. The summed E-state index contributed by atoms with van der Waals surface area (Å²) in [5, 5.41) is 2.60. The summed E-state index contributed by atoms with van der Waals surface area (Å²) in [6.07, 6.45) is 1.43. The van der Waals surface area contributed by atoms with E-state index in [4.69, 9.17) is 4.74 Å². The van der Waals surface area contributed by atoms with E-state index >= 15 is 0 Å². The predicted octanol–water partition coefficient (Wildman–Crippen LogP) is 2.71. The molecule has 9 heteroatoms. The van der Waals surface area contributed by atoms with Crippen LogP contribution in [-0.4, -0.2) is 57.6 Å². The Kier molecular flexibility index (Phi) is 9.28. The first-order valence-corrected chi connectivity index (χ1v) is 12.7. The summed E-state index contributed by atoms with van der Waals surface area (Å²) in [7, 11) is -2.30. The van der Waals surface area contributed by atoms with Gasteiger partial charge in [-0.25, -0.2) is 8.42 Å². The summed E-state index contributed by atoms with van der Waals surface area (Å²) in [5.74, 6) is -0.428. The van der Waals surface area contributed by atoms with Crippen molar-refractivity contribution in [3.63, 3.8) is 0 Å². The van der Waals surface area contributed by atoms with Crippen LogP contribution in [0.2, 0.25) is 0 Å².